The van der Waals surface area contributed by atoms with E-state index in [1.807, 2.05) is 0 Å². The molecule has 0 aromatic heterocycles. The van der Waals surface area contributed by atoms with E-state index in [0.717, 1.165) is 23.9 Å². The number of carboxylic acid groups (broad SMARTS) is 1. The molecule has 0 aliphatic rings. The van der Waals surface area contributed by atoms with E-state index in [-0.39, 0.29) is 0 Å². The van der Waals surface area contributed by atoms with Crippen LogP contribution in [0.25, 0.3) is 0 Å². The van der Waals surface area contributed by atoms with Gasteiger partial charge in [-0.25, -0.2) is 13.6 Å². The highest BCUT2D eigenvalue weighted by molar-refractivity contribution is 7.99. The number of aliphatic carboxylic acids is 1. The molecule has 2 nitrogen and oxygen atoms in total. The van der Waals surface area contributed by atoms with E-state index >= 15 is 0 Å². The van der Waals surface area contributed by atoms with Crippen LogP contribution in [0.2, 0.25) is 0 Å². The fourth-order valence-corrected chi connectivity index (χ4v) is 1.86. The van der Waals surface area contributed by atoms with Crippen molar-refractivity contribution >= 4 is 17.7 Å². The van der Waals surface area contributed by atoms with E-state index in [4.69, 9.17) is 5.11 Å². The molecule has 0 aliphatic heterocycles. The summed E-state index contributed by atoms with van der Waals surface area (Å²) in [6.07, 6.45) is 1.06. The first-order valence-electron chi connectivity index (χ1n) is 4.47. The molecule has 0 fully saturated rings. The molecule has 0 heterocycles. The Morgan fingerprint density at radius 1 is 1.50 bits per heavy atom. The molecule has 1 aromatic rings. The van der Waals surface area contributed by atoms with Crippen LogP contribution in [-0.2, 0) is 4.79 Å². The summed E-state index contributed by atoms with van der Waals surface area (Å²) in [4.78, 5) is 10.6. The Morgan fingerprint density at radius 2 is 2.19 bits per heavy atom. The van der Waals surface area contributed by atoms with E-state index in [1.54, 1.807) is 6.92 Å². The van der Waals surface area contributed by atoms with Gasteiger partial charge in [-0.05, 0) is 19.1 Å². The third-order valence-corrected chi connectivity index (χ3v) is 2.96. The van der Waals surface area contributed by atoms with Gasteiger partial charge in [0.2, 0.25) is 0 Å². The fraction of sp³-hybridized carbons (Fsp3) is 0.182. The lowest BCUT2D eigenvalue weighted by Crippen LogP contribution is -1.92. The summed E-state index contributed by atoms with van der Waals surface area (Å²) in [6.45, 7) is 1.64. The van der Waals surface area contributed by atoms with Crippen LogP contribution in [-0.4, -0.2) is 16.8 Å². The standard InChI is InChI=1S/C11H10F2O2S/c1-7(4-11(14)15)6-16-10-3-2-8(12)5-9(10)13/h2-5H,6H2,1H3,(H,14,15). The molecule has 16 heavy (non-hydrogen) atoms. The van der Waals surface area contributed by atoms with E-state index < -0.39 is 17.6 Å². The van der Waals surface area contributed by atoms with Gasteiger partial charge >= 0.3 is 5.97 Å². The Morgan fingerprint density at radius 3 is 2.75 bits per heavy atom. The zero-order valence-electron chi connectivity index (χ0n) is 8.54. The van der Waals surface area contributed by atoms with Crippen molar-refractivity contribution in [2.24, 2.45) is 0 Å². The molecule has 0 amide bonds. The highest BCUT2D eigenvalue weighted by atomic mass is 32.2. The molecule has 0 aliphatic carbocycles. The molecule has 0 bridgehead atoms. The fourth-order valence-electron chi connectivity index (χ4n) is 1.04. The van der Waals surface area contributed by atoms with Gasteiger partial charge in [0.05, 0.1) is 0 Å². The predicted octanol–water partition coefficient (Wildman–Crippen LogP) is 3.09. The molecule has 0 atom stereocenters. The molecular formula is C11H10F2O2S. The zero-order valence-corrected chi connectivity index (χ0v) is 9.35. The van der Waals surface area contributed by atoms with Crippen LogP contribution in [0.5, 0.6) is 0 Å². The van der Waals surface area contributed by atoms with E-state index in [9.17, 15) is 13.6 Å². The summed E-state index contributed by atoms with van der Waals surface area (Å²) in [7, 11) is 0. The maximum absolute atomic E-state index is 13.2. The first-order valence-corrected chi connectivity index (χ1v) is 5.45. The van der Waals surface area contributed by atoms with E-state index in [0.29, 0.717) is 16.2 Å². The van der Waals surface area contributed by atoms with Crippen molar-refractivity contribution < 1.29 is 18.7 Å². The molecule has 0 radical (unpaired) electrons. The number of hydrogen-bond acceptors (Lipinski definition) is 2. The number of hydrogen-bond donors (Lipinski definition) is 1. The maximum Gasteiger partial charge on any atom is 0.328 e. The average molecular weight is 244 g/mol. The quantitative estimate of drug-likeness (QED) is 0.653. The van der Waals surface area contributed by atoms with Gasteiger partial charge in [0.15, 0.2) is 0 Å². The van der Waals surface area contributed by atoms with Crippen LogP contribution >= 0.6 is 11.8 Å². The van der Waals surface area contributed by atoms with Gasteiger partial charge in [-0.1, -0.05) is 5.57 Å². The van der Waals surface area contributed by atoms with Gasteiger partial charge in [-0.2, -0.15) is 0 Å². The van der Waals surface area contributed by atoms with Crippen LogP contribution in [0.3, 0.4) is 0 Å². The molecule has 0 unspecified atom stereocenters. The van der Waals surface area contributed by atoms with E-state index in [1.165, 1.54) is 12.1 Å². The first-order chi connectivity index (χ1) is 7.49. The Kier molecular flexibility index (Phi) is 4.49. The number of halogens is 2. The van der Waals surface area contributed by atoms with Crippen LogP contribution in [0.1, 0.15) is 6.92 Å². The minimum absolute atomic E-state index is 0.305. The van der Waals surface area contributed by atoms with Crippen LogP contribution in [0.4, 0.5) is 8.78 Å². The Bertz CT molecular complexity index is 430. The highest BCUT2D eigenvalue weighted by Gasteiger charge is 2.04. The molecule has 0 spiro atoms. The van der Waals surface area contributed by atoms with Gasteiger partial charge in [0.25, 0.3) is 0 Å². The lowest BCUT2D eigenvalue weighted by Gasteiger charge is -2.03. The second-order valence-electron chi connectivity index (χ2n) is 3.19. The summed E-state index contributed by atoms with van der Waals surface area (Å²) in [6, 6.07) is 3.31. The Labute approximate surface area is 96.0 Å². The second-order valence-corrected chi connectivity index (χ2v) is 4.21. The van der Waals surface area contributed by atoms with Crippen molar-refractivity contribution in [2.75, 3.05) is 5.75 Å². The third kappa shape index (κ3) is 4.02. The van der Waals surface area contributed by atoms with Crippen molar-refractivity contribution in [3.05, 3.63) is 41.5 Å². The zero-order chi connectivity index (χ0) is 12.1. The highest BCUT2D eigenvalue weighted by Crippen LogP contribution is 2.24. The number of rotatable bonds is 4. The topological polar surface area (TPSA) is 37.3 Å². The molecule has 1 aromatic carbocycles. The Hall–Kier alpha value is -1.36. The number of carbonyl (C=O) groups is 1. The smallest absolute Gasteiger partial charge is 0.328 e. The van der Waals surface area contributed by atoms with Crippen LogP contribution in [0, 0.1) is 11.6 Å². The van der Waals surface area contributed by atoms with Gasteiger partial charge in [0.1, 0.15) is 11.6 Å². The first kappa shape index (κ1) is 12.7. The number of carboxylic acids is 1. The predicted molar refractivity (Wildman–Crippen MR) is 58.5 cm³/mol. The van der Waals surface area contributed by atoms with Gasteiger partial charge in [-0.15, -0.1) is 11.8 Å². The third-order valence-electron chi connectivity index (χ3n) is 1.72. The maximum atomic E-state index is 13.2. The lowest BCUT2D eigenvalue weighted by molar-refractivity contribution is -0.131. The van der Waals surface area contributed by atoms with Crippen molar-refractivity contribution in [2.45, 2.75) is 11.8 Å². The number of thioether (sulfide) groups is 1. The van der Waals surface area contributed by atoms with Crippen molar-refractivity contribution in [3.63, 3.8) is 0 Å². The lowest BCUT2D eigenvalue weighted by atomic mass is 10.3. The summed E-state index contributed by atoms with van der Waals surface area (Å²) in [5, 5.41) is 8.46. The summed E-state index contributed by atoms with van der Waals surface area (Å²) in [5.74, 6) is -1.93. The van der Waals surface area contributed by atoms with Crippen molar-refractivity contribution in [1.82, 2.24) is 0 Å². The van der Waals surface area contributed by atoms with Gasteiger partial charge < -0.3 is 5.11 Å². The summed E-state index contributed by atoms with van der Waals surface area (Å²) >= 11 is 1.13. The van der Waals surface area contributed by atoms with Gasteiger partial charge in [-0.3, -0.25) is 0 Å². The molecule has 5 heteroatoms. The second kappa shape index (κ2) is 5.65. The molecular weight excluding hydrogens is 234 g/mol. The Balaban J connectivity index is 2.65. The van der Waals surface area contributed by atoms with Crippen molar-refractivity contribution in [1.29, 1.82) is 0 Å². The van der Waals surface area contributed by atoms with Gasteiger partial charge in [0, 0.05) is 22.8 Å². The molecule has 1 N–H and O–H groups in total. The van der Waals surface area contributed by atoms with E-state index in [2.05, 4.69) is 0 Å². The SMILES string of the molecule is CC(=CC(=O)O)CSc1ccc(F)cc1F. The van der Waals surface area contributed by atoms with Crippen molar-refractivity contribution in [3.8, 4) is 0 Å². The summed E-state index contributed by atoms with van der Waals surface area (Å²) in [5.41, 5.74) is 0.612. The molecule has 0 saturated heterocycles. The van der Waals surface area contributed by atoms with Crippen LogP contribution in [0.15, 0.2) is 34.7 Å². The minimum Gasteiger partial charge on any atom is -0.478 e. The molecule has 86 valence electrons. The monoisotopic (exact) mass is 244 g/mol. The molecule has 1 rings (SSSR count). The minimum atomic E-state index is -1.03. The normalized spacial score (nSPS) is 11.6. The molecule has 0 saturated carbocycles. The average Bonchev–Trinajstić information content (AvgIpc) is 2.15. The summed E-state index contributed by atoms with van der Waals surface area (Å²) < 4.78 is 25.7. The van der Waals surface area contributed by atoms with Crippen LogP contribution < -0.4 is 0 Å². The largest absolute Gasteiger partial charge is 0.478 e. The number of benzene rings is 1.